The van der Waals surface area contributed by atoms with Gasteiger partial charge in [-0.2, -0.15) is 0 Å². The molecule has 0 spiro atoms. The normalized spacial score (nSPS) is 22.7. The number of aromatic amines is 1. The minimum Gasteiger partial charge on any atom is -0.355 e. The lowest BCUT2D eigenvalue weighted by molar-refractivity contribution is 0.520. The van der Waals surface area contributed by atoms with E-state index in [2.05, 4.69) is 19.9 Å². The Morgan fingerprint density at radius 1 is 1.28 bits per heavy atom. The van der Waals surface area contributed by atoms with Crippen LogP contribution >= 0.6 is 23.4 Å². The van der Waals surface area contributed by atoms with Crippen LogP contribution in [0.25, 0.3) is 11.0 Å². The number of nitrogens with one attached hydrogen (secondary N) is 1. The van der Waals surface area contributed by atoms with Crippen molar-refractivity contribution in [1.29, 1.82) is 0 Å². The van der Waals surface area contributed by atoms with Gasteiger partial charge in [-0.1, -0.05) is 18.5 Å². The SMILES string of the molecule is CCc1[nH]c2nc(Sc3cncc(S(=O)(=O)N(C)C)c3)nc(N3CC4C(N)C4C3)c2c1Cl. The van der Waals surface area contributed by atoms with E-state index in [1.807, 2.05) is 6.92 Å². The molecule has 9 nitrogen and oxygen atoms in total. The summed E-state index contributed by atoms with van der Waals surface area (Å²) in [5.41, 5.74) is 7.72. The Bertz CT molecular complexity index is 1300. The van der Waals surface area contributed by atoms with Gasteiger partial charge in [0.1, 0.15) is 16.4 Å². The molecule has 1 saturated heterocycles. The Kier molecular flexibility index (Phi) is 5.37. The molecular formula is C20H24ClN7O2S2. The smallest absolute Gasteiger partial charge is 0.244 e. The number of H-pyrrole nitrogens is 1. The molecule has 2 unspecified atom stereocenters. The van der Waals surface area contributed by atoms with Crippen LogP contribution in [-0.2, 0) is 16.4 Å². The Morgan fingerprint density at radius 3 is 2.66 bits per heavy atom. The van der Waals surface area contributed by atoms with Gasteiger partial charge in [-0.25, -0.2) is 22.7 Å². The minimum atomic E-state index is -3.59. The molecule has 3 aromatic rings. The van der Waals surface area contributed by atoms with Gasteiger partial charge in [-0.15, -0.1) is 0 Å². The highest BCUT2D eigenvalue weighted by atomic mass is 35.5. The van der Waals surface area contributed by atoms with Crippen LogP contribution in [-0.4, -0.2) is 65.9 Å². The van der Waals surface area contributed by atoms with Gasteiger partial charge in [0.15, 0.2) is 5.16 Å². The van der Waals surface area contributed by atoms with Crippen LogP contribution in [0.1, 0.15) is 12.6 Å². The summed E-state index contributed by atoms with van der Waals surface area (Å²) in [5.74, 6) is 1.79. The van der Waals surface area contributed by atoms with E-state index in [9.17, 15) is 8.42 Å². The zero-order chi connectivity index (χ0) is 22.8. The van der Waals surface area contributed by atoms with Crippen LogP contribution < -0.4 is 10.6 Å². The lowest BCUT2D eigenvalue weighted by Gasteiger charge is -2.21. The van der Waals surface area contributed by atoms with Crippen LogP contribution in [0, 0.1) is 11.8 Å². The van der Waals surface area contributed by atoms with Crippen molar-refractivity contribution in [1.82, 2.24) is 24.2 Å². The predicted octanol–water partition coefficient (Wildman–Crippen LogP) is 2.36. The van der Waals surface area contributed by atoms with Crippen LogP contribution in [0.5, 0.6) is 0 Å². The number of fused-ring (bicyclic) bond motifs is 2. The van der Waals surface area contributed by atoms with Crippen molar-refractivity contribution in [3.8, 4) is 0 Å². The maximum Gasteiger partial charge on any atom is 0.244 e. The average Bonchev–Trinajstić information content (AvgIpc) is 3.10. The highest BCUT2D eigenvalue weighted by Gasteiger charge is 2.54. The van der Waals surface area contributed by atoms with Crippen molar-refractivity contribution in [2.24, 2.45) is 17.6 Å². The number of piperidine rings is 1. The van der Waals surface area contributed by atoms with Gasteiger partial charge in [0.05, 0.1) is 10.4 Å². The molecule has 12 heteroatoms. The second kappa shape index (κ2) is 7.84. The van der Waals surface area contributed by atoms with Gasteiger partial charge in [-0.05, 0) is 36.1 Å². The highest BCUT2D eigenvalue weighted by molar-refractivity contribution is 7.99. The molecule has 1 saturated carbocycles. The fourth-order valence-electron chi connectivity index (χ4n) is 4.25. The Morgan fingerprint density at radius 2 is 2.00 bits per heavy atom. The second-order valence-electron chi connectivity index (χ2n) is 8.38. The molecular weight excluding hydrogens is 470 g/mol. The van der Waals surface area contributed by atoms with Crippen LogP contribution in [0.4, 0.5) is 5.82 Å². The maximum atomic E-state index is 12.5. The summed E-state index contributed by atoms with van der Waals surface area (Å²) in [6, 6.07) is 1.86. The maximum absolute atomic E-state index is 12.5. The van der Waals surface area contributed by atoms with E-state index in [-0.39, 0.29) is 10.9 Å². The van der Waals surface area contributed by atoms with Gasteiger partial charge in [0, 0.05) is 56.2 Å². The first-order valence-electron chi connectivity index (χ1n) is 10.3. The van der Waals surface area contributed by atoms with Gasteiger partial charge in [-0.3, -0.25) is 4.98 Å². The van der Waals surface area contributed by atoms with Gasteiger partial charge < -0.3 is 15.6 Å². The summed E-state index contributed by atoms with van der Waals surface area (Å²) in [6.07, 6.45) is 3.70. The van der Waals surface area contributed by atoms with Crippen molar-refractivity contribution in [3.05, 3.63) is 29.2 Å². The molecule has 32 heavy (non-hydrogen) atoms. The molecule has 5 rings (SSSR count). The van der Waals surface area contributed by atoms with E-state index in [0.29, 0.717) is 32.6 Å². The van der Waals surface area contributed by atoms with Crippen LogP contribution in [0.2, 0.25) is 5.02 Å². The van der Waals surface area contributed by atoms with E-state index in [1.54, 1.807) is 12.3 Å². The molecule has 4 heterocycles. The first-order chi connectivity index (χ1) is 15.2. The van der Waals surface area contributed by atoms with E-state index in [1.165, 1.54) is 32.1 Å². The number of hydrogen-bond acceptors (Lipinski definition) is 8. The number of nitrogens with zero attached hydrogens (tertiary/aromatic N) is 5. The first-order valence-corrected chi connectivity index (χ1v) is 13.0. The molecule has 1 aliphatic carbocycles. The summed E-state index contributed by atoms with van der Waals surface area (Å²) in [6.45, 7) is 3.73. The summed E-state index contributed by atoms with van der Waals surface area (Å²) in [7, 11) is -0.604. The number of sulfonamides is 1. The zero-order valence-corrected chi connectivity index (χ0v) is 20.3. The number of aryl methyl sites for hydroxylation is 1. The summed E-state index contributed by atoms with van der Waals surface area (Å²) < 4.78 is 26.1. The number of hydrogen-bond donors (Lipinski definition) is 2. The van der Waals surface area contributed by atoms with E-state index >= 15 is 0 Å². The quantitative estimate of drug-likeness (QED) is 0.502. The molecule has 3 aromatic heterocycles. The highest BCUT2D eigenvalue weighted by Crippen LogP contribution is 2.47. The summed E-state index contributed by atoms with van der Waals surface area (Å²) in [4.78, 5) is 19.9. The molecule has 1 aliphatic heterocycles. The van der Waals surface area contributed by atoms with Crippen LogP contribution in [0.15, 0.2) is 33.4 Å². The number of anilines is 1. The zero-order valence-electron chi connectivity index (χ0n) is 17.9. The number of rotatable bonds is 6. The lowest BCUT2D eigenvalue weighted by atomic mass is 10.2. The third-order valence-electron chi connectivity index (χ3n) is 6.21. The molecule has 2 fully saturated rings. The van der Waals surface area contributed by atoms with Gasteiger partial charge in [0.2, 0.25) is 10.0 Å². The number of pyridine rings is 1. The van der Waals surface area contributed by atoms with Gasteiger partial charge >= 0.3 is 0 Å². The molecule has 0 aromatic carbocycles. The first kappa shape index (κ1) is 21.9. The predicted molar refractivity (Wildman–Crippen MR) is 125 cm³/mol. The van der Waals surface area contributed by atoms with E-state index < -0.39 is 10.0 Å². The van der Waals surface area contributed by atoms with Crippen molar-refractivity contribution in [2.75, 3.05) is 32.1 Å². The van der Waals surface area contributed by atoms with Crippen molar-refractivity contribution < 1.29 is 8.42 Å². The third-order valence-corrected chi connectivity index (χ3v) is 9.23. The van der Waals surface area contributed by atoms with Crippen molar-refractivity contribution in [2.45, 2.75) is 34.3 Å². The topological polar surface area (TPSA) is 121 Å². The average molecular weight is 494 g/mol. The Labute approximate surface area is 195 Å². The Hall–Kier alpha value is -1.92. The van der Waals surface area contributed by atoms with Crippen molar-refractivity contribution in [3.63, 3.8) is 0 Å². The standard InChI is InChI=1S/C20H24ClN7O2S2/c1-4-14-16(21)15-18(24-14)25-20(26-19(15)28-8-12-13(9-28)17(12)22)31-10-5-11(7-23-6-10)32(29,30)27(2)3/h5-7,12-13,17H,4,8-9,22H2,1-3H3,(H,24,25,26). The minimum absolute atomic E-state index is 0.124. The molecule has 2 atom stereocenters. The number of nitrogens with two attached hydrogens (primary N) is 1. The molecule has 2 aliphatic rings. The third kappa shape index (κ3) is 3.56. The Balaban J connectivity index is 1.54. The monoisotopic (exact) mass is 493 g/mol. The number of aromatic nitrogens is 4. The summed E-state index contributed by atoms with van der Waals surface area (Å²) in [5, 5.41) is 1.98. The van der Waals surface area contributed by atoms with Gasteiger partial charge in [0.25, 0.3) is 0 Å². The largest absolute Gasteiger partial charge is 0.355 e. The molecule has 0 amide bonds. The van der Waals surface area contributed by atoms with Crippen molar-refractivity contribution >= 4 is 50.2 Å². The summed E-state index contributed by atoms with van der Waals surface area (Å²) >= 11 is 7.95. The molecule has 0 radical (unpaired) electrons. The molecule has 0 bridgehead atoms. The fourth-order valence-corrected chi connectivity index (χ4v) is 6.35. The van der Waals surface area contributed by atoms with E-state index in [4.69, 9.17) is 22.3 Å². The lowest BCUT2D eigenvalue weighted by Crippen LogP contribution is -2.29. The molecule has 170 valence electrons. The number of halogens is 1. The molecule has 3 N–H and O–H groups in total. The second-order valence-corrected chi connectivity index (χ2v) is 12.0. The van der Waals surface area contributed by atoms with E-state index in [0.717, 1.165) is 40.7 Å². The van der Waals surface area contributed by atoms with Crippen LogP contribution in [0.3, 0.4) is 0 Å². The fraction of sp³-hybridized carbons (Fsp3) is 0.450.